The molecule has 0 aliphatic heterocycles. The molecule has 0 unspecified atom stereocenters. The highest BCUT2D eigenvalue weighted by Crippen LogP contribution is 2.22. The van der Waals surface area contributed by atoms with Crippen LogP contribution in [0.15, 0.2) is 52.1 Å². The standard InChI is InChI=1S/C22H25BrN4O2S/c1-4-16-6-9-18(10-7-16)29-13-20-25-26-22(27(20)5-2)30-14-21(28)24-17-8-11-19(23)15(3)12-17/h6-12H,4-5,13-14H2,1-3H3,(H,24,28). The van der Waals surface area contributed by atoms with Crippen LogP contribution in [0.2, 0.25) is 0 Å². The first-order chi connectivity index (χ1) is 14.5. The van der Waals surface area contributed by atoms with E-state index in [0.29, 0.717) is 18.3 Å². The van der Waals surface area contributed by atoms with Gasteiger partial charge in [0.15, 0.2) is 11.0 Å². The van der Waals surface area contributed by atoms with Gasteiger partial charge in [-0.05, 0) is 61.7 Å². The van der Waals surface area contributed by atoms with E-state index in [9.17, 15) is 4.79 Å². The van der Waals surface area contributed by atoms with Crippen molar-refractivity contribution >= 4 is 39.3 Å². The largest absolute Gasteiger partial charge is 0.486 e. The highest BCUT2D eigenvalue weighted by Gasteiger charge is 2.14. The van der Waals surface area contributed by atoms with Crippen molar-refractivity contribution < 1.29 is 9.53 Å². The lowest BCUT2D eigenvalue weighted by Crippen LogP contribution is -2.15. The second-order valence-electron chi connectivity index (χ2n) is 6.73. The number of carbonyl (C=O) groups is 1. The van der Waals surface area contributed by atoms with Crippen LogP contribution in [0.25, 0.3) is 0 Å². The lowest BCUT2D eigenvalue weighted by atomic mass is 10.2. The van der Waals surface area contributed by atoms with Crippen LogP contribution in [-0.4, -0.2) is 26.4 Å². The summed E-state index contributed by atoms with van der Waals surface area (Å²) in [6, 6.07) is 13.8. The molecule has 3 rings (SSSR count). The number of aryl methyl sites for hydroxylation is 2. The maximum Gasteiger partial charge on any atom is 0.234 e. The molecule has 1 heterocycles. The molecule has 6 nitrogen and oxygen atoms in total. The van der Waals surface area contributed by atoms with Crippen LogP contribution in [0.1, 0.15) is 30.8 Å². The molecule has 0 aliphatic carbocycles. The molecule has 3 aromatic rings. The van der Waals surface area contributed by atoms with Crippen molar-refractivity contribution in [3.8, 4) is 5.75 Å². The van der Waals surface area contributed by atoms with E-state index >= 15 is 0 Å². The molecule has 0 bridgehead atoms. The Hall–Kier alpha value is -2.32. The number of ether oxygens (including phenoxy) is 1. The number of hydrogen-bond acceptors (Lipinski definition) is 5. The molecule has 0 spiro atoms. The van der Waals surface area contributed by atoms with E-state index in [2.05, 4.69) is 50.5 Å². The lowest BCUT2D eigenvalue weighted by Gasteiger charge is -2.10. The number of hydrogen-bond donors (Lipinski definition) is 1. The van der Waals surface area contributed by atoms with Crippen molar-refractivity contribution in [3.63, 3.8) is 0 Å². The van der Waals surface area contributed by atoms with E-state index in [-0.39, 0.29) is 11.7 Å². The Morgan fingerprint density at radius 3 is 2.60 bits per heavy atom. The molecule has 0 atom stereocenters. The van der Waals surface area contributed by atoms with Gasteiger partial charge in [0.1, 0.15) is 12.4 Å². The average molecular weight is 489 g/mol. The molecular formula is C22H25BrN4O2S. The van der Waals surface area contributed by atoms with Gasteiger partial charge in [0.05, 0.1) is 5.75 Å². The highest BCUT2D eigenvalue weighted by atomic mass is 79.9. The highest BCUT2D eigenvalue weighted by molar-refractivity contribution is 9.10. The summed E-state index contributed by atoms with van der Waals surface area (Å²) in [6.45, 7) is 7.17. The Morgan fingerprint density at radius 2 is 1.93 bits per heavy atom. The molecular weight excluding hydrogens is 464 g/mol. The Labute approximate surface area is 189 Å². The minimum Gasteiger partial charge on any atom is -0.486 e. The molecule has 0 saturated carbocycles. The third-order valence-electron chi connectivity index (χ3n) is 4.58. The average Bonchev–Trinajstić information content (AvgIpc) is 3.15. The van der Waals surface area contributed by atoms with Crippen molar-refractivity contribution in [2.75, 3.05) is 11.1 Å². The number of benzene rings is 2. The zero-order chi connectivity index (χ0) is 21.5. The van der Waals surface area contributed by atoms with Gasteiger partial charge in [-0.25, -0.2) is 0 Å². The second kappa shape index (κ2) is 10.6. The van der Waals surface area contributed by atoms with Gasteiger partial charge in [0.25, 0.3) is 0 Å². The first-order valence-corrected chi connectivity index (χ1v) is 11.6. The van der Waals surface area contributed by atoms with E-state index in [1.54, 1.807) is 0 Å². The van der Waals surface area contributed by atoms with Crippen molar-refractivity contribution in [3.05, 3.63) is 63.9 Å². The third kappa shape index (κ3) is 5.86. The number of nitrogens with zero attached hydrogens (tertiary/aromatic N) is 3. The normalized spacial score (nSPS) is 10.8. The van der Waals surface area contributed by atoms with Crippen LogP contribution in [0.5, 0.6) is 5.75 Å². The fraction of sp³-hybridized carbons (Fsp3) is 0.318. The molecule has 1 N–H and O–H groups in total. The predicted molar refractivity (Wildman–Crippen MR) is 124 cm³/mol. The molecule has 1 aromatic heterocycles. The summed E-state index contributed by atoms with van der Waals surface area (Å²) in [4.78, 5) is 12.3. The van der Waals surface area contributed by atoms with E-state index < -0.39 is 0 Å². The van der Waals surface area contributed by atoms with Crippen LogP contribution in [0.3, 0.4) is 0 Å². The number of amides is 1. The van der Waals surface area contributed by atoms with Crippen molar-refractivity contribution in [2.45, 2.75) is 45.5 Å². The number of thioether (sulfide) groups is 1. The summed E-state index contributed by atoms with van der Waals surface area (Å²) in [5, 5.41) is 12.1. The van der Waals surface area contributed by atoms with Gasteiger partial charge in [-0.15, -0.1) is 10.2 Å². The van der Waals surface area contributed by atoms with Crippen LogP contribution in [-0.2, 0) is 24.4 Å². The summed E-state index contributed by atoms with van der Waals surface area (Å²) in [6.07, 6.45) is 1.00. The summed E-state index contributed by atoms with van der Waals surface area (Å²) >= 11 is 4.83. The maximum atomic E-state index is 12.3. The minimum atomic E-state index is -0.0822. The summed E-state index contributed by atoms with van der Waals surface area (Å²) in [5.74, 6) is 1.72. The van der Waals surface area contributed by atoms with Gasteiger partial charge in [0, 0.05) is 16.7 Å². The molecule has 30 heavy (non-hydrogen) atoms. The van der Waals surface area contributed by atoms with Gasteiger partial charge >= 0.3 is 0 Å². The maximum absolute atomic E-state index is 12.3. The number of carbonyl (C=O) groups excluding carboxylic acids is 1. The van der Waals surface area contributed by atoms with E-state index in [4.69, 9.17) is 4.74 Å². The fourth-order valence-corrected chi connectivity index (χ4v) is 3.94. The second-order valence-corrected chi connectivity index (χ2v) is 8.53. The predicted octanol–water partition coefficient (Wildman–Crippen LogP) is 5.24. The van der Waals surface area contributed by atoms with Crippen LogP contribution in [0.4, 0.5) is 5.69 Å². The summed E-state index contributed by atoms with van der Waals surface area (Å²) in [7, 11) is 0. The third-order valence-corrected chi connectivity index (χ3v) is 6.44. The first kappa shape index (κ1) is 22.4. The van der Waals surface area contributed by atoms with Crippen LogP contribution in [0, 0.1) is 6.92 Å². The minimum absolute atomic E-state index is 0.0822. The number of anilines is 1. The van der Waals surface area contributed by atoms with E-state index in [0.717, 1.165) is 33.7 Å². The summed E-state index contributed by atoms with van der Waals surface area (Å²) in [5.41, 5.74) is 3.12. The van der Waals surface area contributed by atoms with Gasteiger partial charge in [-0.1, -0.05) is 46.7 Å². The van der Waals surface area contributed by atoms with Crippen LogP contribution < -0.4 is 10.1 Å². The van der Waals surface area contributed by atoms with E-state index in [1.807, 2.05) is 48.7 Å². The Balaban J connectivity index is 1.56. The number of halogens is 1. The van der Waals surface area contributed by atoms with E-state index in [1.165, 1.54) is 17.3 Å². The fourth-order valence-electron chi connectivity index (χ4n) is 2.87. The number of rotatable bonds is 9. The molecule has 0 radical (unpaired) electrons. The molecule has 2 aromatic carbocycles. The Morgan fingerprint density at radius 1 is 1.17 bits per heavy atom. The van der Waals surface area contributed by atoms with Gasteiger partial charge < -0.3 is 14.6 Å². The lowest BCUT2D eigenvalue weighted by molar-refractivity contribution is -0.113. The monoisotopic (exact) mass is 488 g/mol. The smallest absolute Gasteiger partial charge is 0.234 e. The first-order valence-electron chi connectivity index (χ1n) is 9.82. The van der Waals surface area contributed by atoms with Crippen molar-refractivity contribution in [1.82, 2.24) is 14.8 Å². The van der Waals surface area contributed by atoms with Gasteiger partial charge in [-0.2, -0.15) is 0 Å². The molecule has 0 aliphatic rings. The topological polar surface area (TPSA) is 69.0 Å². The van der Waals surface area contributed by atoms with Gasteiger partial charge in [0.2, 0.25) is 5.91 Å². The molecule has 158 valence electrons. The quantitative estimate of drug-likeness (QED) is 0.417. The summed E-state index contributed by atoms with van der Waals surface area (Å²) < 4.78 is 8.85. The van der Waals surface area contributed by atoms with Gasteiger partial charge in [-0.3, -0.25) is 4.79 Å². The number of aromatic nitrogens is 3. The molecule has 8 heteroatoms. The van der Waals surface area contributed by atoms with Crippen molar-refractivity contribution in [2.24, 2.45) is 0 Å². The zero-order valence-electron chi connectivity index (χ0n) is 17.3. The van der Waals surface area contributed by atoms with Crippen molar-refractivity contribution in [1.29, 1.82) is 0 Å². The molecule has 0 saturated heterocycles. The number of nitrogens with one attached hydrogen (secondary N) is 1. The Kier molecular flexibility index (Phi) is 7.93. The SMILES string of the molecule is CCc1ccc(OCc2nnc(SCC(=O)Nc3ccc(Br)c(C)c3)n2CC)cc1. The Bertz CT molecular complexity index is 1000. The molecule has 1 amide bonds. The van der Waals surface area contributed by atoms with Crippen LogP contribution >= 0.6 is 27.7 Å². The molecule has 0 fully saturated rings. The zero-order valence-corrected chi connectivity index (χ0v) is 19.7.